The summed E-state index contributed by atoms with van der Waals surface area (Å²) in [6.07, 6.45) is -3.87. The summed E-state index contributed by atoms with van der Waals surface area (Å²) in [6, 6.07) is 22.4. The number of piperazine rings is 1. The lowest BCUT2D eigenvalue weighted by molar-refractivity contribution is -0.137. The van der Waals surface area contributed by atoms with Crippen molar-refractivity contribution in [1.82, 2.24) is 14.9 Å². The first-order valence-corrected chi connectivity index (χ1v) is 13.4. The van der Waals surface area contributed by atoms with Crippen LogP contribution in [0.25, 0.3) is 11.4 Å². The predicted octanol–water partition coefficient (Wildman–Crippen LogP) is 6.79. The third-order valence-corrected chi connectivity index (χ3v) is 7.30. The third-order valence-electron chi connectivity index (χ3n) is 6.80. The molecule has 1 saturated heterocycles. The van der Waals surface area contributed by atoms with E-state index in [0.29, 0.717) is 55.2 Å². The first kappa shape index (κ1) is 26.9. The number of hydrogen-bond donors (Lipinski definition) is 0. The zero-order valence-electron chi connectivity index (χ0n) is 21.3. The number of anilines is 1. The average Bonchev–Trinajstić information content (AvgIpc) is 2.94. The lowest BCUT2D eigenvalue weighted by Gasteiger charge is -2.36. The predicted molar refractivity (Wildman–Crippen MR) is 149 cm³/mol. The van der Waals surface area contributed by atoms with E-state index < -0.39 is 11.7 Å². The number of aryl methyl sites for hydroxylation is 1. The van der Waals surface area contributed by atoms with E-state index in [2.05, 4.69) is 25.8 Å². The molecule has 9 heteroatoms. The van der Waals surface area contributed by atoms with Crippen molar-refractivity contribution in [1.29, 1.82) is 0 Å². The van der Waals surface area contributed by atoms with Gasteiger partial charge in [-0.2, -0.15) is 13.2 Å². The van der Waals surface area contributed by atoms with Gasteiger partial charge in [-0.25, -0.2) is 9.97 Å². The summed E-state index contributed by atoms with van der Waals surface area (Å²) >= 11 is 3.42. The maximum Gasteiger partial charge on any atom is 0.416 e. The monoisotopic (exact) mass is 594 g/mol. The Bertz CT molecular complexity index is 1490. The summed E-state index contributed by atoms with van der Waals surface area (Å²) in [4.78, 5) is 26.5. The number of amides is 1. The fraction of sp³-hybridized carbons (Fsp3) is 0.233. The Kier molecular flexibility index (Phi) is 7.70. The summed E-state index contributed by atoms with van der Waals surface area (Å²) in [5.74, 6) is 0.898. The molecule has 0 bridgehead atoms. The second-order valence-electron chi connectivity index (χ2n) is 9.47. The minimum Gasteiger partial charge on any atom is -0.353 e. The number of hydrogen-bond acceptors (Lipinski definition) is 4. The molecule has 2 heterocycles. The molecule has 0 spiro atoms. The number of nitrogens with zero attached hydrogens (tertiary/aromatic N) is 4. The van der Waals surface area contributed by atoms with Crippen LogP contribution in [0.5, 0.6) is 0 Å². The summed E-state index contributed by atoms with van der Waals surface area (Å²) in [7, 11) is 0. The van der Waals surface area contributed by atoms with E-state index in [1.807, 2.05) is 60.4 Å². The molecule has 0 saturated carbocycles. The van der Waals surface area contributed by atoms with Crippen molar-refractivity contribution < 1.29 is 18.0 Å². The molecule has 0 radical (unpaired) electrons. The highest BCUT2D eigenvalue weighted by atomic mass is 79.9. The summed E-state index contributed by atoms with van der Waals surface area (Å²) in [5, 5.41) is 0. The van der Waals surface area contributed by atoms with Crippen LogP contribution in [0.4, 0.5) is 19.0 Å². The number of carbonyl (C=O) groups excluding carboxylic acids is 1. The molecule has 39 heavy (non-hydrogen) atoms. The van der Waals surface area contributed by atoms with Crippen molar-refractivity contribution in [2.75, 3.05) is 31.1 Å². The molecule has 0 atom stereocenters. The fourth-order valence-electron chi connectivity index (χ4n) is 4.74. The first-order valence-electron chi connectivity index (χ1n) is 12.6. The second kappa shape index (κ2) is 11.2. The molecule has 200 valence electrons. The Morgan fingerprint density at radius 2 is 1.62 bits per heavy atom. The zero-order chi connectivity index (χ0) is 27.6. The van der Waals surface area contributed by atoms with Crippen molar-refractivity contribution >= 4 is 27.7 Å². The highest BCUT2D eigenvalue weighted by molar-refractivity contribution is 9.10. The Labute approximate surface area is 233 Å². The molecule has 0 unspecified atom stereocenters. The lowest BCUT2D eigenvalue weighted by Crippen LogP contribution is -2.49. The van der Waals surface area contributed by atoms with Crippen LogP contribution in [-0.2, 0) is 12.6 Å². The van der Waals surface area contributed by atoms with Crippen LogP contribution >= 0.6 is 15.9 Å². The minimum absolute atomic E-state index is 0.0380. The number of benzene rings is 3. The van der Waals surface area contributed by atoms with Crippen molar-refractivity contribution in [3.05, 3.63) is 111 Å². The molecular formula is C30H26BrF3N4O. The summed E-state index contributed by atoms with van der Waals surface area (Å²) < 4.78 is 41.1. The van der Waals surface area contributed by atoms with E-state index in [1.165, 1.54) is 6.07 Å². The van der Waals surface area contributed by atoms with Crippen molar-refractivity contribution in [3.63, 3.8) is 0 Å². The molecule has 4 aromatic rings. The van der Waals surface area contributed by atoms with Crippen molar-refractivity contribution in [2.45, 2.75) is 19.5 Å². The molecule has 5 rings (SSSR count). The van der Waals surface area contributed by atoms with Crippen molar-refractivity contribution in [3.8, 4) is 11.4 Å². The molecule has 0 N–H and O–H groups in total. The van der Waals surface area contributed by atoms with Gasteiger partial charge in [0.15, 0.2) is 5.82 Å². The molecule has 1 aromatic heterocycles. The van der Waals surface area contributed by atoms with Gasteiger partial charge in [-0.1, -0.05) is 64.5 Å². The zero-order valence-corrected chi connectivity index (χ0v) is 22.8. The van der Waals surface area contributed by atoms with Crippen LogP contribution in [0, 0.1) is 6.92 Å². The number of halogens is 4. The standard InChI is InChI=1S/C30H26BrF3N4O/c1-20-26(17-21-7-3-2-4-8-21)28(36-27(35-20)22-9-5-11-24(18-22)30(32,33)34)37-13-15-38(16-14-37)29(39)23-10-6-12-25(31)19-23/h2-12,18-19H,13-17H2,1H3. The van der Waals surface area contributed by atoms with Crippen LogP contribution in [0.2, 0.25) is 0 Å². The molecule has 3 aromatic carbocycles. The van der Waals surface area contributed by atoms with Crippen LogP contribution in [0.1, 0.15) is 32.7 Å². The van der Waals surface area contributed by atoms with Gasteiger partial charge in [0.1, 0.15) is 5.82 Å². The Morgan fingerprint density at radius 1 is 0.897 bits per heavy atom. The van der Waals surface area contributed by atoms with Crippen molar-refractivity contribution in [2.24, 2.45) is 0 Å². The molecule has 1 aliphatic rings. The minimum atomic E-state index is -4.46. The maximum absolute atomic E-state index is 13.4. The van der Waals surface area contributed by atoms with Gasteiger partial charge in [0.2, 0.25) is 0 Å². The van der Waals surface area contributed by atoms with E-state index in [1.54, 1.807) is 12.1 Å². The topological polar surface area (TPSA) is 49.3 Å². The van der Waals surface area contributed by atoms with Gasteiger partial charge in [0.05, 0.1) is 5.56 Å². The number of rotatable bonds is 5. The Morgan fingerprint density at radius 3 is 2.31 bits per heavy atom. The summed E-state index contributed by atoms with van der Waals surface area (Å²) in [6.45, 7) is 3.95. The molecule has 0 aliphatic carbocycles. The van der Waals surface area contributed by atoms with Crippen LogP contribution in [0.3, 0.4) is 0 Å². The van der Waals surface area contributed by atoms with Gasteiger partial charge in [-0.15, -0.1) is 0 Å². The molecule has 1 amide bonds. The molecular weight excluding hydrogens is 569 g/mol. The largest absolute Gasteiger partial charge is 0.416 e. The van der Waals surface area contributed by atoms with E-state index >= 15 is 0 Å². The Hall–Kier alpha value is -3.72. The van der Waals surface area contributed by atoms with Gasteiger partial charge in [-0.3, -0.25) is 4.79 Å². The molecule has 5 nitrogen and oxygen atoms in total. The fourth-order valence-corrected chi connectivity index (χ4v) is 5.14. The number of alkyl halides is 3. The normalized spacial score (nSPS) is 14.0. The third kappa shape index (κ3) is 6.14. The van der Waals surface area contributed by atoms with Gasteiger partial charge in [-0.05, 0) is 42.8 Å². The van der Waals surface area contributed by atoms with E-state index in [-0.39, 0.29) is 11.7 Å². The SMILES string of the molecule is Cc1nc(-c2cccc(C(F)(F)F)c2)nc(N2CCN(C(=O)c3cccc(Br)c3)CC2)c1Cc1ccccc1. The van der Waals surface area contributed by atoms with E-state index in [9.17, 15) is 18.0 Å². The average molecular weight is 595 g/mol. The highest BCUT2D eigenvalue weighted by Gasteiger charge is 2.31. The van der Waals surface area contributed by atoms with Crippen LogP contribution < -0.4 is 4.90 Å². The smallest absolute Gasteiger partial charge is 0.353 e. The molecule has 1 fully saturated rings. The number of carbonyl (C=O) groups is 1. The van der Waals surface area contributed by atoms with Gasteiger partial charge in [0, 0.05) is 59.5 Å². The maximum atomic E-state index is 13.4. The first-order chi connectivity index (χ1) is 18.7. The van der Waals surface area contributed by atoms with E-state index in [0.717, 1.165) is 27.7 Å². The quantitative estimate of drug-likeness (QED) is 0.255. The number of aromatic nitrogens is 2. The molecule has 1 aliphatic heterocycles. The Balaban J connectivity index is 1.47. The van der Waals surface area contributed by atoms with Gasteiger partial charge < -0.3 is 9.80 Å². The second-order valence-corrected chi connectivity index (χ2v) is 10.4. The van der Waals surface area contributed by atoms with Gasteiger partial charge >= 0.3 is 6.18 Å². The van der Waals surface area contributed by atoms with Gasteiger partial charge in [0.25, 0.3) is 5.91 Å². The van der Waals surface area contributed by atoms with E-state index in [4.69, 9.17) is 4.98 Å². The summed E-state index contributed by atoms with van der Waals surface area (Å²) in [5.41, 5.74) is 2.90. The van der Waals surface area contributed by atoms with Crippen LogP contribution in [0.15, 0.2) is 83.3 Å². The highest BCUT2D eigenvalue weighted by Crippen LogP contribution is 2.33. The lowest BCUT2D eigenvalue weighted by atomic mass is 10.0. The van der Waals surface area contributed by atoms with Crippen LogP contribution in [-0.4, -0.2) is 47.0 Å².